The molecule has 0 unspecified atom stereocenters. The van der Waals surface area contributed by atoms with Crippen molar-refractivity contribution in [2.45, 2.75) is 6.92 Å². The highest BCUT2D eigenvalue weighted by molar-refractivity contribution is 6.02. The van der Waals surface area contributed by atoms with E-state index in [1.807, 2.05) is 55.5 Å². The molecular weight excluding hydrogens is 340 g/mol. The average molecular weight is 358 g/mol. The molecule has 0 saturated heterocycles. The Morgan fingerprint density at radius 1 is 1.07 bits per heavy atom. The highest BCUT2D eigenvalue weighted by Crippen LogP contribution is 2.23. The van der Waals surface area contributed by atoms with Crippen molar-refractivity contribution in [2.75, 3.05) is 12.4 Å². The van der Waals surface area contributed by atoms with Gasteiger partial charge < -0.3 is 10.1 Å². The van der Waals surface area contributed by atoms with Crippen molar-refractivity contribution in [1.29, 1.82) is 0 Å². The van der Waals surface area contributed by atoms with Crippen LogP contribution >= 0.6 is 0 Å². The Kier molecular flexibility index (Phi) is 4.30. The zero-order valence-corrected chi connectivity index (χ0v) is 15.0. The van der Waals surface area contributed by atoms with Gasteiger partial charge in [-0.3, -0.25) is 4.79 Å². The summed E-state index contributed by atoms with van der Waals surface area (Å²) in [6.45, 7) is 1.99. The topological polar surface area (TPSA) is 69.0 Å². The zero-order chi connectivity index (χ0) is 18.8. The standard InChI is InChI=1S/C21H18N4O2/c1-14-7-9-19(27-2)18(13-14)25-12-11-17(24-25)21(26)23-20-10-8-15-5-3-4-6-16(15)22-20/h3-13H,1-2H3,(H,22,23,26). The van der Waals surface area contributed by atoms with Crippen LogP contribution in [-0.4, -0.2) is 27.8 Å². The van der Waals surface area contributed by atoms with E-state index in [1.54, 1.807) is 30.1 Å². The van der Waals surface area contributed by atoms with Gasteiger partial charge in [0.25, 0.3) is 5.91 Å². The number of nitrogens with zero attached hydrogens (tertiary/aromatic N) is 3. The Balaban J connectivity index is 1.59. The minimum Gasteiger partial charge on any atom is -0.494 e. The second-order valence-electron chi connectivity index (χ2n) is 6.16. The number of methoxy groups -OCH3 is 1. The molecule has 2 heterocycles. The first-order valence-corrected chi connectivity index (χ1v) is 8.52. The number of pyridine rings is 1. The van der Waals surface area contributed by atoms with E-state index in [9.17, 15) is 4.79 Å². The molecule has 2 aromatic carbocycles. The number of para-hydroxylation sites is 1. The number of ether oxygens (including phenoxy) is 1. The number of benzene rings is 2. The van der Waals surface area contributed by atoms with Crippen LogP contribution in [-0.2, 0) is 0 Å². The number of carbonyl (C=O) groups excluding carboxylic acids is 1. The molecule has 0 radical (unpaired) electrons. The second kappa shape index (κ2) is 6.92. The van der Waals surface area contributed by atoms with Gasteiger partial charge in [-0.15, -0.1) is 0 Å². The van der Waals surface area contributed by atoms with Crippen LogP contribution in [0, 0.1) is 6.92 Å². The van der Waals surface area contributed by atoms with Crippen LogP contribution in [0.2, 0.25) is 0 Å². The van der Waals surface area contributed by atoms with E-state index < -0.39 is 0 Å². The molecule has 6 heteroatoms. The van der Waals surface area contributed by atoms with Gasteiger partial charge >= 0.3 is 0 Å². The van der Waals surface area contributed by atoms with Crippen LogP contribution in [0.5, 0.6) is 5.75 Å². The van der Waals surface area contributed by atoms with Crippen LogP contribution in [0.15, 0.2) is 66.9 Å². The number of aromatic nitrogens is 3. The normalized spacial score (nSPS) is 10.7. The molecule has 0 aliphatic rings. The average Bonchev–Trinajstić information content (AvgIpc) is 3.18. The molecule has 0 aliphatic carbocycles. The first-order valence-electron chi connectivity index (χ1n) is 8.52. The van der Waals surface area contributed by atoms with Gasteiger partial charge in [0.15, 0.2) is 5.69 Å². The lowest BCUT2D eigenvalue weighted by atomic mass is 10.2. The number of aryl methyl sites for hydroxylation is 1. The van der Waals surface area contributed by atoms with E-state index in [4.69, 9.17) is 4.74 Å². The van der Waals surface area contributed by atoms with Gasteiger partial charge in [-0.1, -0.05) is 24.3 Å². The second-order valence-corrected chi connectivity index (χ2v) is 6.16. The Morgan fingerprint density at radius 3 is 2.78 bits per heavy atom. The van der Waals surface area contributed by atoms with Crippen LogP contribution in [0.4, 0.5) is 5.82 Å². The minimum atomic E-state index is -0.317. The zero-order valence-electron chi connectivity index (χ0n) is 15.0. The van der Waals surface area contributed by atoms with E-state index in [-0.39, 0.29) is 5.91 Å². The summed E-state index contributed by atoms with van der Waals surface area (Å²) in [5.41, 5.74) is 2.98. The van der Waals surface area contributed by atoms with Gasteiger partial charge in [0, 0.05) is 11.6 Å². The van der Waals surface area contributed by atoms with Gasteiger partial charge in [0.05, 0.1) is 12.6 Å². The summed E-state index contributed by atoms with van der Waals surface area (Å²) in [7, 11) is 1.61. The third-order valence-electron chi connectivity index (χ3n) is 4.24. The van der Waals surface area contributed by atoms with Gasteiger partial charge in [0.2, 0.25) is 0 Å². The molecule has 0 fully saturated rings. The Labute approximate surface area is 156 Å². The van der Waals surface area contributed by atoms with Crippen molar-refractivity contribution in [3.05, 3.63) is 78.1 Å². The van der Waals surface area contributed by atoms with Crippen LogP contribution in [0.25, 0.3) is 16.6 Å². The summed E-state index contributed by atoms with van der Waals surface area (Å²) in [5, 5.41) is 8.20. The van der Waals surface area contributed by atoms with Gasteiger partial charge in [-0.25, -0.2) is 9.67 Å². The first-order chi connectivity index (χ1) is 13.1. The van der Waals surface area contributed by atoms with Crippen LogP contribution < -0.4 is 10.1 Å². The third-order valence-corrected chi connectivity index (χ3v) is 4.24. The molecule has 6 nitrogen and oxygen atoms in total. The lowest BCUT2D eigenvalue weighted by Gasteiger charge is -2.09. The van der Waals surface area contributed by atoms with Crippen molar-refractivity contribution in [1.82, 2.24) is 14.8 Å². The fraction of sp³-hybridized carbons (Fsp3) is 0.0952. The monoisotopic (exact) mass is 358 g/mol. The number of rotatable bonds is 4. The first kappa shape index (κ1) is 16.8. The summed E-state index contributed by atoms with van der Waals surface area (Å²) < 4.78 is 7.02. The SMILES string of the molecule is COc1ccc(C)cc1-n1ccc(C(=O)Nc2ccc3ccccc3n2)n1. The fourth-order valence-corrected chi connectivity index (χ4v) is 2.87. The lowest BCUT2D eigenvalue weighted by molar-refractivity contribution is 0.102. The molecule has 1 N–H and O–H groups in total. The molecule has 0 saturated carbocycles. The summed E-state index contributed by atoms with van der Waals surface area (Å²) in [6, 6.07) is 18.9. The summed E-state index contributed by atoms with van der Waals surface area (Å²) in [4.78, 5) is 17.0. The Bertz CT molecular complexity index is 1130. The summed E-state index contributed by atoms with van der Waals surface area (Å²) >= 11 is 0. The fourth-order valence-electron chi connectivity index (χ4n) is 2.87. The molecule has 2 aromatic heterocycles. The molecule has 0 spiro atoms. The predicted octanol–water partition coefficient (Wildman–Crippen LogP) is 3.99. The maximum atomic E-state index is 12.6. The number of carbonyl (C=O) groups is 1. The maximum absolute atomic E-state index is 12.6. The minimum absolute atomic E-state index is 0.300. The third kappa shape index (κ3) is 3.37. The molecular formula is C21H18N4O2. The number of anilines is 1. The van der Waals surface area contributed by atoms with Crippen molar-refractivity contribution >= 4 is 22.6 Å². The van der Waals surface area contributed by atoms with Crippen molar-refractivity contribution in [3.63, 3.8) is 0 Å². The quantitative estimate of drug-likeness (QED) is 0.599. The number of hydrogen-bond acceptors (Lipinski definition) is 4. The molecule has 1 amide bonds. The Hall–Kier alpha value is -3.67. The van der Waals surface area contributed by atoms with Gasteiger partial charge in [-0.05, 0) is 48.9 Å². The molecule has 4 aromatic rings. The molecule has 0 bridgehead atoms. The smallest absolute Gasteiger partial charge is 0.277 e. The van der Waals surface area contributed by atoms with E-state index >= 15 is 0 Å². The highest BCUT2D eigenvalue weighted by atomic mass is 16.5. The highest BCUT2D eigenvalue weighted by Gasteiger charge is 2.13. The van der Waals surface area contributed by atoms with E-state index in [0.29, 0.717) is 17.3 Å². The van der Waals surface area contributed by atoms with E-state index in [0.717, 1.165) is 22.2 Å². The number of nitrogens with one attached hydrogen (secondary N) is 1. The Morgan fingerprint density at radius 2 is 1.93 bits per heavy atom. The van der Waals surface area contributed by atoms with Crippen molar-refractivity contribution < 1.29 is 9.53 Å². The van der Waals surface area contributed by atoms with Crippen LogP contribution in [0.1, 0.15) is 16.1 Å². The number of fused-ring (bicyclic) bond motifs is 1. The van der Waals surface area contributed by atoms with Gasteiger partial charge in [0.1, 0.15) is 17.3 Å². The molecule has 4 rings (SSSR count). The van der Waals surface area contributed by atoms with Crippen LogP contribution in [0.3, 0.4) is 0 Å². The summed E-state index contributed by atoms with van der Waals surface area (Å²) in [5.74, 6) is 0.858. The molecule has 134 valence electrons. The largest absolute Gasteiger partial charge is 0.494 e. The van der Waals surface area contributed by atoms with Crippen molar-refractivity contribution in [2.24, 2.45) is 0 Å². The lowest BCUT2D eigenvalue weighted by Crippen LogP contribution is -2.14. The van der Waals surface area contributed by atoms with Gasteiger partial charge in [-0.2, -0.15) is 5.10 Å². The maximum Gasteiger partial charge on any atom is 0.277 e. The van der Waals surface area contributed by atoms with E-state index in [1.165, 1.54) is 0 Å². The predicted molar refractivity (Wildman–Crippen MR) is 105 cm³/mol. The van der Waals surface area contributed by atoms with Crippen molar-refractivity contribution in [3.8, 4) is 11.4 Å². The number of amides is 1. The molecule has 0 aliphatic heterocycles. The molecule has 0 atom stereocenters. The van der Waals surface area contributed by atoms with E-state index in [2.05, 4.69) is 15.4 Å². The number of hydrogen-bond donors (Lipinski definition) is 1. The molecule has 27 heavy (non-hydrogen) atoms. The summed E-state index contributed by atoms with van der Waals surface area (Å²) in [6.07, 6.45) is 1.74.